The summed E-state index contributed by atoms with van der Waals surface area (Å²) in [7, 11) is 0. The van der Waals surface area contributed by atoms with Gasteiger partial charge in [0.15, 0.2) is 0 Å². The highest BCUT2D eigenvalue weighted by Gasteiger charge is 2.30. The number of carboxylic acids is 1. The zero-order valence-electron chi connectivity index (χ0n) is 13.6. The standard InChI is InChI=1S/C18H23NO5/c20-17(19-14-4-1-13(11-14)18(21)22)12-2-5-15(6-3-12)24-16-7-9-23-10-8-16/h2-3,5-6,13-14,16H,1,4,7-11H2,(H,19,20)(H,21,22)/t13-,14+/m1/s1. The fraction of sp³-hybridized carbons (Fsp3) is 0.556. The second-order valence-electron chi connectivity index (χ2n) is 6.47. The molecule has 0 unspecified atom stereocenters. The van der Waals surface area contributed by atoms with E-state index in [2.05, 4.69) is 5.32 Å². The lowest BCUT2D eigenvalue weighted by Crippen LogP contribution is -2.33. The molecule has 2 aliphatic rings. The van der Waals surface area contributed by atoms with Gasteiger partial charge in [0, 0.05) is 24.4 Å². The van der Waals surface area contributed by atoms with Gasteiger partial charge in [-0.25, -0.2) is 0 Å². The Balaban J connectivity index is 1.51. The van der Waals surface area contributed by atoms with Crippen molar-refractivity contribution in [3.8, 4) is 5.75 Å². The molecule has 3 rings (SSSR count). The summed E-state index contributed by atoms with van der Waals surface area (Å²) in [5.74, 6) is -0.527. The molecule has 6 heteroatoms. The lowest BCUT2D eigenvalue weighted by Gasteiger charge is -2.23. The summed E-state index contributed by atoms with van der Waals surface area (Å²) >= 11 is 0. The number of carboxylic acid groups (broad SMARTS) is 1. The lowest BCUT2D eigenvalue weighted by atomic mass is 10.1. The van der Waals surface area contributed by atoms with E-state index in [0.29, 0.717) is 24.8 Å². The Hall–Kier alpha value is -2.08. The Kier molecular flexibility index (Phi) is 5.35. The minimum absolute atomic E-state index is 0.0586. The molecule has 2 atom stereocenters. The van der Waals surface area contributed by atoms with E-state index < -0.39 is 5.97 Å². The molecule has 1 aliphatic carbocycles. The highest BCUT2D eigenvalue weighted by molar-refractivity contribution is 5.94. The molecule has 1 heterocycles. The van der Waals surface area contributed by atoms with E-state index in [-0.39, 0.29) is 24.0 Å². The number of rotatable bonds is 5. The maximum atomic E-state index is 12.3. The van der Waals surface area contributed by atoms with E-state index in [1.807, 2.05) is 0 Å². The van der Waals surface area contributed by atoms with Crippen molar-refractivity contribution in [2.45, 2.75) is 44.2 Å². The Morgan fingerprint density at radius 3 is 2.42 bits per heavy atom. The van der Waals surface area contributed by atoms with Crippen molar-refractivity contribution in [2.24, 2.45) is 5.92 Å². The molecule has 24 heavy (non-hydrogen) atoms. The minimum atomic E-state index is -0.777. The minimum Gasteiger partial charge on any atom is -0.490 e. The van der Waals surface area contributed by atoms with Crippen molar-refractivity contribution >= 4 is 11.9 Å². The Morgan fingerprint density at radius 2 is 1.79 bits per heavy atom. The fourth-order valence-corrected chi connectivity index (χ4v) is 3.28. The highest BCUT2D eigenvalue weighted by atomic mass is 16.5. The summed E-state index contributed by atoms with van der Waals surface area (Å²) < 4.78 is 11.2. The second kappa shape index (κ2) is 7.66. The number of hydrogen-bond acceptors (Lipinski definition) is 4. The molecular formula is C18H23NO5. The van der Waals surface area contributed by atoms with Gasteiger partial charge in [-0.1, -0.05) is 0 Å². The first-order valence-corrected chi connectivity index (χ1v) is 8.50. The summed E-state index contributed by atoms with van der Waals surface area (Å²) in [4.78, 5) is 23.2. The van der Waals surface area contributed by atoms with Gasteiger partial charge < -0.3 is 19.9 Å². The van der Waals surface area contributed by atoms with Crippen LogP contribution >= 0.6 is 0 Å². The first kappa shape index (κ1) is 16.8. The van der Waals surface area contributed by atoms with Gasteiger partial charge >= 0.3 is 5.97 Å². The molecule has 2 N–H and O–H groups in total. The fourth-order valence-electron chi connectivity index (χ4n) is 3.28. The van der Waals surface area contributed by atoms with E-state index in [0.717, 1.165) is 31.8 Å². The highest BCUT2D eigenvalue weighted by Crippen LogP contribution is 2.26. The van der Waals surface area contributed by atoms with Gasteiger partial charge in [-0.2, -0.15) is 0 Å². The van der Waals surface area contributed by atoms with E-state index in [4.69, 9.17) is 14.6 Å². The van der Waals surface area contributed by atoms with Gasteiger partial charge in [-0.3, -0.25) is 9.59 Å². The molecule has 1 saturated heterocycles. The van der Waals surface area contributed by atoms with E-state index in [1.54, 1.807) is 24.3 Å². The number of benzene rings is 1. The molecule has 0 bridgehead atoms. The Labute approximate surface area is 141 Å². The predicted molar refractivity (Wildman–Crippen MR) is 87.1 cm³/mol. The third kappa shape index (κ3) is 4.26. The van der Waals surface area contributed by atoms with Gasteiger partial charge in [0.1, 0.15) is 11.9 Å². The maximum Gasteiger partial charge on any atom is 0.306 e. The van der Waals surface area contributed by atoms with Crippen LogP contribution in [0.5, 0.6) is 5.75 Å². The molecule has 1 aromatic rings. The van der Waals surface area contributed by atoms with Crippen molar-refractivity contribution < 1.29 is 24.2 Å². The summed E-state index contributed by atoms with van der Waals surface area (Å²) in [6, 6.07) is 7.04. The van der Waals surface area contributed by atoms with Crippen molar-refractivity contribution in [2.75, 3.05) is 13.2 Å². The molecule has 1 amide bonds. The van der Waals surface area contributed by atoms with Crippen LogP contribution in [-0.2, 0) is 9.53 Å². The zero-order valence-corrected chi connectivity index (χ0v) is 13.6. The number of ether oxygens (including phenoxy) is 2. The molecular weight excluding hydrogens is 310 g/mol. The number of amides is 1. The van der Waals surface area contributed by atoms with Crippen LogP contribution in [-0.4, -0.2) is 42.3 Å². The molecule has 1 aliphatic heterocycles. The zero-order chi connectivity index (χ0) is 16.9. The summed E-state index contributed by atoms with van der Waals surface area (Å²) in [6.07, 6.45) is 3.78. The van der Waals surface area contributed by atoms with Gasteiger partial charge in [-0.05, 0) is 43.5 Å². The van der Waals surface area contributed by atoms with Gasteiger partial charge in [-0.15, -0.1) is 0 Å². The molecule has 6 nitrogen and oxygen atoms in total. The average molecular weight is 333 g/mol. The van der Waals surface area contributed by atoms with Gasteiger partial charge in [0.2, 0.25) is 0 Å². The monoisotopic (exact) mass is 333 g/mol. The topological polar surface area (TPSA) is 84.9 Å². The third-order valence-corrected chi connectivity index (χ3v) is 4.70. The Morgan fingerprint density at radius 1 is 1.08 bits per heavy atom. The van der Waals surface area contributed by atoms with Gasteiger partial charge in [0.05, 0.1) is 19.1 Å². The number of hydrogen-bond donors (Lipinski definition) is 2. The number of nitrogens with one attached hydrogen (secondary N) is 1. The quantitative estimate of drug-likeness (QED) is 0.863. The molecule has 0 radical (unpaired) electrons. The largest absolute Gasteiger partial charge is 0.490 e. The van der Waals surface area contributed by atoms with Crippen LogP contribution in [0.3, 0.4) is 0 Å². The number of aliphatic carboxylic acids is 1. The number of carbonyl (C=O) groups excluding carboxylic acids is 1. The lowest BCUT2D eigenvalue weighted by molar-refractivity contribution is -0.141. The normalized spacial score (nSPS) is 24.5. The van der Waals surface area contributed by atoms with E-state index in [1.165, 1.54) is 0 Å². The van der Waals surface area contributed by atoms with Crippen LogP contribution < -0.4 is 10.1 Å². The molecule has 0 aromatic heterocycles. The van der Waals surface area contributed by atoms with Crippen LogP contribution in [0.4, 0.5) is 0 Å². The SMILES string of the molecule is O=C(N[C@H]1CC[C@@H](C(=O)O)C1)c1ccc(OC2CCOCC2)cc1. The molecule has 1 aromatic carbocycles. The van der Waals surface area contributed by atoms with Crippen molar-refractivity contribution in [1.29, 1.82) is 0 Å². The van der Waals surface area contributed by atoms with Crippen molar-refractivity contribution in [3.63, 3.8) is 0 Å². The van der Waals surface area contributed by atoms with Crippen LogP contribution in [0.2, 0.25) is 0 Å². The molecule has 130 valence electrons. The molecule has 1 saturated carbocycles. The second-order valence-corrected chi connectivity index (χ2v) is 6.47. The molecule has 2 fully saturated rings. The van der Waals surface area contributed by atoms with E-state index >= 15 is 0 Å². The van der Waals surface area contributed by atoms with Crippen LogP contribution in [0.15, 0.2) is 24.3 Å². The smallest absolute Gasteiger partial charge is 0.306 e. The van der Waals surface area contributed by atoms with Crippen molar-refractivity contribution in [1.82, 2.24) is 5.32 Å². The average Bonchev–Trinajstić information content (AvgIpc) is 3.05. The maximum absolute atomic E-state index is 12.3. The summed E-state index contributed by atoms with van der Waals surface area (Å²) in [6.45, 7) is 1.45. The van der Waals surface area contributed by atoms with Crippen LogP contribution in [0, 0.1) is 5.92 Å². The third-order valence-electron chi connectivity index (χ3n) is 4.70. The van der Waals surface area contributed by atoms with Crippen LogP contribution in [0.25, 0.3) is 0 Å². The predicted octanol–water partition coefficient (Wildman–Crippen LogP) is 2.23. The van der Waals surface area contributed by atoms with Crippen molar-refractivity contribution in [3.05, 3.63) is 29.8 Å². The van der Waals surface area contributed by atoms with E-state index in [9.17, 15) is 9.59 Å². The number of carbonyl (C=O) groups is 2. The first-order valence-electron chi connectivity index (χ1n) is 8.50. The summed E-state index contributed by atoms with van der Waals surface area (Å²) in [5.41, 5.74) is 0.563. The molecule has 0 spiro atoms. The summed E-state index contributed by atoms with van der Waals surface area (Å²) in [5, 5.41) is 11.9. The Bertz CT molecular complexity index is 580. The van der Waals surface area contributed by atoms with Gasteiger partial charge in [0.25, 0.3) is 5.91 Å². The van der Waals surface area contributed by atoms with Crippen LogP contribution in [0.1, 0.15) is 42.5 Å². The first-order chi connectivity index (χ1) is 11.6.